The molecule has 1 heterocycles. The van der Waals surface area contributed by atoms with Crippen molar-refractivity contribution in [2.45, 2.75) is 6.92 Å². The van der Waals surface area contributed by atoms with Gasteiger partial charge in [-0.15, -0.1) is 0 Å². The van der Waals surface area contributed by atoms with E-state index in [1.54, 1.807) is 6.92 Å². The van der Waals surface area contributed by atoms with Gasteiger partial charge in [-0.25, -0.2) is 4.79 Å². The van der Waals surface area contributed by atoms with Crippen LogP contribution >= 0.6 is 0 Å². The number of aromatic amines is 1. The van der Waals surface area contributed by atoms with Crippen molar-refractivity contribution in [3.8, 4) is 0 Å². The summed E-state index contributed by atoms with van der Waals surface area (Å²) in [6, 6.07) is 2.43. The van der Waals surface area contributed by atoms with E-state index in [4.69, 9.17) is 0 Å². The van der Waals surface area contributed by atoms with Crippen LogP contribution in [-0.4, -0.2) is 9.55 Å². The Kier molecular flexibility index (Phi) is 1.45. The normalized spacial score (nSPS) is 9.80. The Morgan fingerprint density at radius 3 is 2.60 bits per heavy atom. The van der Waals surface area contributed by atoms with Gasteiger partial charge in [0, 0.05) is 12.7 Å². The largest absolute Gasteiger partial charge is 0.328 e. The fourth-order valence-electron chi connectivity index (χ4n) is 0.612. The quantitative estimate of drug-likeness (QED) is 0.510. The van der Waals surface area contributed by atoms with Gasteiger partial charge in [-0.2, -0.15) is 0 Å². The highest BCUT2D eigenvalue weighted by Gasteiger charge is 1.94. The summed E-state index contributed by atoms with van der Waals surface area (Å²) in [4.78, 5) is 23.9. The number of aryl methyl sites for hydroxylation is 1. The monoisotopic (exact) mass is 139 g/mol. The first-order valence-electron chi connectivity index (χ1n) is 2.80. The fourth-order valence-corrected chi connectivity index (χ4v) is 0.612. The second kappa shape index (κ2) is 2.13. The van der Waals surface area contributed by atoms with Crippen LogP contribution in [0.2, 0.25) is 0 Å². The van der Waals surface area contributed by atoms with Gasteiger partial charge < -0.3 is 4.98 Å². The summed E-state index contributed by atoms with van der Waals surface area (Å²) in [7, 11) is 1.40. The zero-order chi connectivity index (χ0) is 7.72. The molecule has 0 amide bonds. The first-order valence-corrected chi connectivity index (χ1v) is 2.80. The van der Waals surface area contributed by atoms with Crippen LogP contribution in [0.3, 0.4) is 0 Å². The molecule has 1 rings (SSSR count). The molecular formula is C6H7N2O2. The number of aromatic nitrogens is 2. The Morgan fingerprint density at radius 2 is 2.10 bits per heavy atom. The lowest BCUT2D eigenvalue weighted by Gasteiger charge is -1.93. The molecule has 1 N–H and O–H groups in total. The van der Waals surface area contributed by atoms with Gasteiger partial charge in [0.2, 0.25) is 0 Å². The maximum Gasteiger partial charge on any atom is 0.328 e. The summed E-state index contributed by atoms with van der Waals surface area (Å²) in [5.41, 5.74) is -0.337. The third-order valence-electron chi connectivity index (χ3n) is 1.20. The zero-order valence-electron chi connectivity index (χ0n) is 5.76. The van der Waals surface area contributed by atoms with Gasteiger partial charge in [0.1, 0.15) is 0 Å². The molecule has 0 aliphatic carbocycles. The van der Waals surface area contributed by atoms with Crippen molar-refractivity contribution >= 4 is 0 Å². The van der Waals surface area contributed by atoms with Crippen molar-refractivity contribution in [2.75, 3.05) is 0 Å². The summed E-state index contributed by atoms with van der Waals surface area (Å²) in [6.45, 7) is 1.61. The van der Waals surface area contributed by atoms with Crippen LogP contribution < -0.4 is 11.2 Å². The molecule has 1 aromatic heterocycles. The number of hydrogen-bond acceptors (Lipinski definition) is 2. The highest BCUT2D eigenvalue weighted by atomic mass is 16.2. The minimum atomic E-state index is -0.402. The van der Waals surface area contributed by atoms with E-state index in [1.165, 1.54) is 7.05 Å². The zero-order valence-corrected chi connectivity index (χ0v) is 5.76. The van der Waals surface area contributed by atoms with E-state index in [0.29, 0.717) is 5.69 Å². The van der Waals surface area contributed by atoms with E-state index in [-0.39, 0.29) is 0 Å². The Bertz CT molecular complexity index is 316. The Labute approximate surface area is 57.1 Å². The topological polar surface area (TPSA) is 54.9 Å². The molecule has 0 atom stereocenters. The first kappa shape index (κ1) is 6.80. The van der Waals surface area contributed by atoms with Crippen LogP contribution in [0.25, 0.3) is 0 Å². The molecule has 10 heavy (non-hydrogen) atoms. The average Bonchev–Trinajstić information content (AvgIpc) is 1.82. The molecule has 0 saturated carbocycles. The lowest BCUT2D eigenvalue weighted by Crippen LogP contribution is -2.32. The second-order valence-corrected chi connectivity index (χ2v) is 2.04. The molecular weight excluding hydrogens is 132 g/mol. The van der Waals surface area contributed by atoms with Crippen LogP contribution in [0.4, 0.5) is 0 Å². The lowest BCUT2D eigenvalue weighted by molar-refractivity contribution is 0.763. The summed E-state index contributed by atoms with van der Waals surface area (Å²) < 4.78 is 0.965. The van der Waals surface area contributed by atoms with E-state index >= 15 is 0 Å². The molecule has 0 aliphatic rings. The van der Waals surface area contributed by atoms with Gasteiger partial charge in [0.15, 0.2) is 0 Å². The molecule has 0 spiro atoms. The Balaban J connectivity index is 3.62. The minimum absolute atomic E-state index is 0.402. The molecule has 4 heteroatoms. The predicted molar refractivity (Wildman–Crippen MR) is 35.9 cm³/mol. The van der Waals surface area contributed by atoms with Gasteiger partial charge in [-0.1, -0.05) is 0 Å². The van der Waals surface area contributed by atoms with Crippen molar-refractivity contribution in [3.63, 3.8) is 0 Å². The molecule has 0 bridgehead atoms. The van der Waals surface area contributed by atoms with E-state index in [1.807, 2.05) is 0 Å². The number of hydrogen-bond donors (Lipinski definition) is 1. The first-order chi connectivity index (χ1) is 4.61. The maximum atomic E-state index is 10.7. The molecule has 0 fully saturated rings. The highest BCUT2D eigenvalue weighted by molar-refractivity contribution is 4.93. The van der Waals surface area contributed by atoms with Crippen molar-refractivity contribution in [1.82, 2.24) is 9.55 Å². The standard InChI is InChI=1S/C6H7N2O2/c1-4-3-5(9)8(2)6(10)7-4/h1-2H3,(H,7,10). The van der Waals surface area contributed by atoms with Gasteiger partial charge in [0.25, 0.3) is 5.56 Å². The average molecular weight is 139 g/mol. The van der Waals surface area contributed by atoms with Crippen molar-refractivity contribution in [2.24, 2.45) is 7.05 Å². The molecule has 0 aromatic carbocycles. The number of nitrogens with zero attached hydrogens (tertiary/aromatic N) is 1. The summed E-state index contributed by atoms with van der Waals surface area (Å²) in [6.07, 6.45) is 0. The van der Waals surface area contributed by atoms with Crippen LogP contribution in [0.15, 0.2) is 9.59 Å². The van der Waals surface area contributed by atoms with E-state index in [2.05, 4.69) is 11.1 Å². The van der Waals surface area contributed by atoms with Crippen LogP contribution in [-0.2, 0) is 7.05 Å². The van der Waals surface area contributed by atoms with E-state index < -0.39 is 11.2 Å². The molecule has 0 aliphatic heterocycles. The van der Waals surface area contributed by atoms with Gasteiger partial charge >= 0.3 is 5.69 Å². The second-order valence-electron chi connectivity index (χ2n) is 2.04. The Morgan fingerprint density at radius 1 is 1.50 bits per heavy atom. The summed E-state index contributed by atoms with van der Waals surface area (Å²) in [5, 5.41) is 0. The van der Waals surface area contributed by atoms with E-state index in [0.717, 1.165) is 4.57 Å². The van der Waals surface area contributed by atoms with E-state index in [9.17, 15) is 9.59 Å². The third kappa shape index (κ3) is 1.00. The Hall–Kier alpha value is -1.32. The van der Waals surface area contributed by atoms with Crippen molar-refractivity contribution in [3.05, 3.63) is 32.6 Å². The number of nitrogens with one attached hydrogen (secondary N) is 1. The van der Waals surface area contributed by atoms with Crippen molar-refractivity contribution in [1.29, 1.82) is 0 Å². The summed E-state index contributed by atoms with van der Waals surface area (Å²) in [5.74, 6) is 0. The molecule has 53 valence electrons. The molecule has 0 unspecified atom stereocenters. The molecule has 0 saturated heterocycles. The predicted octanol–water partition coefficient (Wildman–Crippen LogP) is -0.818. The highest BCUT2D eigenvalue weighted by Crippen LogP contribution is 1.74. The van der Waals surface area contributed by atoms with Crippen LogP contribution in [0.1, 0.15) is 5.69 Å². The molecule has 1 aromatic rings. The number of H-pyrrole nitrogens is 1. The van der Waals surface area contributed by atoms with Crippen LogP contribution in [0, 0.1) is 13.0 Å². The summed E-state index contributed by atoms with van der Waals surface area (Å²) >= 11 is 0. The molecule has 1 radical (unpaired) electrons. The smallest absolute Gasteiger partial charge is 0.311 e. The fraction of sp³-hybridized carbons (Fsp3) is 0.333. The van der Waals surface area contributed by atoms with Crippen LogP contribution in [0.5, 0.6) is 0 Å². The minimum Gasteiger partial charge on any atom is -0.311 e. The van der Waals surface area contributed by atoms with Gasteiger partial charge in [0.05, 0.1) is 6.07 Å². The third-order valence-corrected chi connectivity index (χ3v) is 1.20. The molecule has 4 nitrogen and oxygen atoms in total. The van der Waals surface area contributed by atoms with Gasteiger partial charge in [-0.05, 0) is 6.92 Å². The van der Waals surface area contributed by atoms with Crippen molar-refractivity contribution < 1.29 is 0 Å². The van der Waals surface area contributed by atoms with Gasteiger partial charge in [-0.3, -0.25) is 9.36 Å². The maximum absolute atomic E-state index is 10.7. The SMILES string of the molecule is Cc1[c]c(=O)n(C)c(=O)[nH]1. The lowest BCUT2D eigenvalue weighted by atomic mass is 10.4. The number of rotatable bonds is 0.